The average Bonchev–Trinajstić information content (AvgIpc) is 3.40. The highest BCUT2D eigenvalue weighted by Crippen LogP contribution is 2.37. The van der Waals surface area contributed by atoms with Gasteiger partial charge in [0.15, 0.2) is 5.58 Å². The molecule has 6 heteroatoms. The largest absolute Gasteiger partial charge is 0.452 e. The summed E-state index contributed by atoms with van der Waals surface area (Å²) < 4.78 is 11.7. The van der Waals surface area contributed by atoms with Gasteiger partial charge in [-0.2, -0.15) is 0 Å². The summed E-state index contributed by atoms with van der Waals surface area (Å²) in [6.07, 6.45) is 5.17. The Kier molecular flexibility index (Phi) is 5.37. The molecule has 5 rings (SSSR count). The summed E-state index contributed by atoms with van der Waals surface area (Å²) in [7, 11) is 0. The van der Waals surface area contributed by atoms with Gasteiger partial charge in [0.2, 0.25) is 0 Å². The highest BCUT2D eigenvalue weighted by Gasteiger charge is 2.26. The van der Waals surface area contributed by atoms with Gasteiger partial charge in [-0.05, 0) is 54.5 Å². The number of furan rings is 1. The van der Waals surface area contributed by atoms with Crippen molar-refractivity contribution in [1.29, 1.82) is 0 Å². The molecule has 2 unspecified atom stereocenters. The molecule has 0 radical (unpaired) electrons. The van der Waals surface area contributed by atoms with Crippen LogP contribution in [0.15, 0.2) is 59.1 Å². The maximum absolute atomic E-state index is 6.37. The van der Waals surface area contributed by atoms with E-state index in [-0.39, 0.29) is 0 Å². The summed E-state index contributed by atoms with van der Waals surface area (Å²) in [5, 5.41) is 11.5. The lowest BCUT2D eigenvalue weighted by molar-refractivity contribution is 0.290. The highest BCUT2D eigenvalue weighted by atomic mass is 32.2. The second kappa shape index (κ2) is 8.30. The van der Waals surface area contributed by atoms with Crippen molar-refractivity contribution in [3.8, 4) is 11.3 Å². The van der Waals surface area contributed by atoms with Crippen LogP contribution in [0.4, 0.5) is 5.69 Å². The lowest BCUT2D eigenvalue weighted by Gasteiger charge is -2.14. The Morgan fingerprint density at radius 2 is 2.03 bits per heavy atom. The first-order valence-corrected chi connectivity index (χ1v) is 11.2. The van der Waals surface area contributed by atoms with Gasteiger partial charge in [-0.15, -0.1) is 0 Å². The van der Waals surface area contributed by atoms with E-state index in [1.807, 2.05) is 18.3 Å². The maximum atomic E-state index is 6.37. The zero-order valence-electron chi connectivity index (χ0n) is 16.9. The molecular weight excluding hydrogens is 394 g/mol. The van der Waals surface area contributed by atoms with E-state index >= 15 is 0 Å². The monoisotopic (exact) mass is 419 g/mol. The fraction of sp³-hybridized carbons (Fsp3) is 0.292. The van der Waals surface area contributed by atoms with Gasteiger partial charge in [0.05, 0.1) is 24.5 Å². The van der Waals surface area contributed by atoms with Crippen molar-refractivity contribution in [2.24, 2.45) is 11.1 Å². The number of rotatable bonds is 6. The number of aromatic nitrogens is 1. The molecule has 154 valence electrons. The van der Waals surface area contributed by atoms with Crippen LogP contribution >= 0.6 is 12.2 Å². The van der Waals surface area contributed by atoms with E-state index in [9.17, 15) is 0 Å². The van der Waals surface area contributed by atoms with Gasteiger partial charge in [0, 0.05) is 23.9 Å². The first kappa shape index (κ1) is 19.4. The van der Waals surface area contributed by atoms with Gasteiger partial charge in [0.25, 0.3) is 0 Å². The van der Waals surface area contributed by atoms with Gasteiger partial charge >= 0.3 is 0 Å². The number of nitrogens with one attached hydrogen (secondary N) is 1. The van der Waals surface area contributed by atoms with Crippen molar-refractivity contribution in [3.63, 3.8) is 0 Å². The molecule has 5 nitrogen and oxygen atoms in total. The number of nitrogens with two attached hydrogens (primary N) is 1. The molecule has 2 aromatic carbocycles. The molecule has 3 N–H and O–H groups in total. The summed E-state index contributed by atoms with van der Waals surface area (Å²) in [6, 6.07) is 17.2. The number of pyridine rings is 1. The number of fused-ring (bicyclic) bond motifs is 2. The number of hydrogen-bond acceptors (Lipinski definition) is 6. The van der Waals surface area contributed by atoms with E-state index < -0.39 is 0 Å². The topological polar surface area (TPSA) is 73.3 Å². The molecule has 1 aliphatic rings. The van der Waals surface area contributed by atoms with Crippen LogP contribution in [0.1, 0.15) is 24.8 Å². The minimum atomic E-state index is 0.403. The molecule has 2 heterocycles. The molecule has 4 aromatic rings. The SMILES string of the molecule is Cc1ccc(-c2cc3nccc(NC4CCC(COSN)C4)c3o2)c2ccccc12. The Labute approximate surface area is 180 Å². The summed E-state index contributed by atoms with van der Waals surface area (Å²) >= 11 is 0.954. The molecular formula is C24H25N3O2S. The van der Waals surface area contributed by atoms with Crippen LogP contribution < -0.4 is 10.5 Å². The number of hydrogen-bond donors (Lipinski definition) is 2. The Morgan fingerprint density at radius 1 is 1.17 bits per heavy atom. The zero-order chi connectivity index (χ0) is 20.5. The van der Waals surface area contributed by atoms with Crippen molar-refractivity contribution in [3.05, 3.63) is 60.3 Å². The Bertz CT molecular complexity index is 1190. The van der Waals surface area contributed by atoms with Crippen LogP contribution in [0.25, 0.3) is 33.2 Å². The molecule has 0 saturated heterocycles. The van der Waals surface area contributed by atoms with Crippen molar-refractivity contribution in [1.82, 2.24) is 4.98 Å². The van der Waals surface area contributed by atoms with Crippen LogP contribution in [0.5, 0.6) is 0 Å². The fourth-order valence-corrected chi connectivity index (χ4v) is 4.83. The average molecular weight is 420 g/mol. The maximum Gasteiger partial charge on any atom is 0.176 e. The zero-order valence-corrected chi connectivity index (χ0v) is 17.7. The summed E-state index contributed by atoms with van der Waals surface area (Å²) in [5.74, 6) is 1.39. The van der Waals surface area contributed by atoms with Crippen LogP contribution in [-0.2, 0) is 4.18 Å². The molecule has 0 amide bonds. The molecule has 2 aromatic heterocycles. The predicted octanol–water partition coefficient (Wildman–Crippen LogP) is 6.08. The van der Waals surface area contributed by atoms with Crippen LogP contribution in [-0.4, -0.2) is 17.6 Å². The number of aryl methyl sites for hydroxylation is 1. The molecule has 0 aliphatic heterocycles. The van der Waals surface area contributed by atoms with Crippen molar-refractivity contribution >= 4 is 39.8 Å². The lowest BCUT2D eigenvalue weighted by atomic mass is 9.99. The molecule has 0 spiro atoms. The number of anilines is 1. The molecule has 2 atom stereocenters. The van der Waals surface area contributed by atoms with Crippen molar-refractivity contribution < 1.29 is 8.60 Å². The van der Waals surface area contributed by atoms with Crippen LogP contribution in [0, 0.1) is 12.8 Å². The van der Waals surface area contributed by atoms with Gasteiger partial charge in [-0.25, -0.2) is 0 Å². The van der Waals surface area contributed by atoms with Crippen molar-refractivity contribution in [2.45, 2.75) is 32.2 Å². The van der Waals surface area contributed by atoms with E-state index in [4.69, 9.17) is 13.7 Å². The third kappa shape index (κ3) is 3.67. The summed E-state index contributed by atoms with van der Waals surface area (Å²) in [6.45, 7) is 2.84. The first-order chi connectivity index (χ1) is 14.7. The lowest BCUT2D eigenvalue weighted by Crippen LogP contribution is -2.16. The standard InChI is InChI=1S/C24H25N3O2S/c1-15-6-9-20(19-5-3-2-4-18(15)19)23-13-22-24(29-23)21(10-11-26-22)27-17-8-7-16(12-17)14-28-30-25/h2-6,9-11,13,16-17H,7-8,12,14,25H2,1H3,(H,26,27). The van der Waals surface area contributed by atoms with Crippen LogP contribution in [0.2, 0.25) is 0 Å². The quantitative estimate of drug-likeness (QED) is 0.292. The molecule has 1 saturated carbocycles. The fourth-order valence-electron chi connectivity index (χ4n) is 4.56. The first-order valence-electron chi connectivity index (χ1n) is 10.3. The van der Waals surface area contributed by atoms with E-state index in [0.29, 0.717) is 18.6 Å². The van der Waals surface area contributed by atoms with Gasteiger partial charge in [0.1, 0.15) is 11.3 Å². The molecule has 0 bridgehead atoms. The second-order valence-corrected chi connectivity index (χ2v) is 8.49. The third-order valence-electron chi connectivity index (χ3n) is 6.09. The minimum absolute atomic E-state index is 0.403. The van der Waals surface area contributed by atoms with Crippen LogP contribution in [0.3, 0.4) is 0 Å². The smallest absolute Gasteiger partial charge is 0.176 e. The Morgan fingerprint density at radius 3 is 2.90 bits per heavy atom. The Hall–Kier alpha value is -2.54. The van der Waals surface area contributed by atoms with Gasteiger partial charge in [-0.1, -0.05) is 36.4 Å². The third-order valence-corrected chi connectivity index (χ3v) is 6.36. The molecule has 30 heavy (non-hydrogen) atoms. The van der Waals surface area contributed by atoms with Gasteiger partial charge < -0.3 is 13.9 Å². The van der Waals surface area contributed by atoms with Crippen molar-refractivity contribution in [2.75, 3.05) is 11.9 Å². The Balaban J connectivity index is 1.46. The van der Waals surface area contributed by atoms with E-state index in [2.05, 4.69) is 53.6 Å². The van der Waals surface area contributed by atoms with E-state index in [0.717, 1.165) is 59.6 Å². The molecule has 1 fully saturated rings. The molecule has 1 aliphatic carbocycles. The van der Waals surface area contributed by atoms with E-state index in [1.165, 1.54) is 16.3 Å². The highest BCUT2D eigenvalue weighted by molar-refractivity contribution is 7.92. The van der Waals surface area contributed by atoms with Gasteiger partial charge in [-0.3, -0.25) is 10.1 Å². The number of nitrogens with zero attached hydrogens (tertiary/aromatic N) is 1. The van der Waals surface area contributed by atoms with E-state index in [1.54, 1.807) is 0 Å². The normalized spacial score (nSPS) is 19.0. The minimum Gasteiger partial charge on any atom is -0.452 e. The summed E-state index contributed by atoms with van der Waals surface area (Å²) in [5.41, 5.74) is 5.05. The summed E-state index contributed by atoms with van der Waals surface area (Å²) in [4.78, 5) is 4.55. The second-order valence-electron chi connectivity index (χ2n) is 8.06. The predicted molar refractivity (Wildman–Crippen MR) is 124 cm³/mol. The number of benzene rings is 2.